The van der Waals surface area contributed by atoms with E-state index in [9.17, 15) is 5.11 Å². The number of aromatic hydroxyl groups is 1. The maximum atomic E-state index is 9.84. The number of aryl methyl sites for hydroxylation is 1. The highest BCUT2D eigenvalue weighted by Crippen LogP contribution is 2.60. The summed E-state index contributed by atoms with van der Waals surface area (Å²) in [4.78, 5) is 0. The summed E-state index contributed by atoms with van der Waals surface area (Å²) in [5.41, 5.74) is 3.16. The van der Waals surface area contributed by atoms with Gasteiger partial charge in [-0.25, -0.2) is 0 Å². The molecular formula is C22H30O3. The third-order valence-electron chi connectivity index (χ3n) is 7.82. The fraction of sp³-hybridized carbons (Fsp3) is 0.727. The van der Waals surface area contributed by atoms with E-state index in [-0.39, 0.29) is 11.5 Å². The molecule has 25 heavy (non-hydrogen) atoms. The molecule has 0 aromatic heterocycles. The van der Waals surface area contributed by atoms with Crippen LogP contribution < -0.4 is 0 Å². The first-order valence-electron chi connectivity index (χ1n) is 10.2. The summed E-state index contributed by atoms with van der Waals surface area (Å²) >= 11 is 0. The van der Waals surface area contributed by atoms with Crippen molar-refractivity contribution in [3.8, 4) is 5.75 Å². The Kier molecular flexibility index (Phi) is 3.87. The van der Waals surface area contributed by atoms with Crippen molar-refractivity contribution >= 4 is 0 Å². The van der Waals surface area contributed by atoms with Crippen LogP contribution in [0.1, 0.15) is 62.5 Å². The Hall–Kier alpha value is -1.06. The van der Waals surface area contributed by atoms with E-state index in [1.807, 2.05) is 12.1 Å². The van der Waals surface area contributed by atoms with Crippen molar-refractivity contribution in [2.75, 3.05) is 13.2 Å². The Bertz CT molecular complexity index is 657. The van der Waals surface area contributed by atoms with Gasteiger partial charge in [0.2, 0.25) is 0 Å². The van der Waals surface area contributed by atoms with E-state index in [4.69, 9.17) is 9.47 Å². The first kappa shape index (κ1) is 16.1. The molecule has 0 spiro atoms. The van der Waals surface area contributed by atoms with Crippen molar-refractivity contribution in [2.45, 2.75) is 70.0 Å². The first-order valence-corrected chi connectivity index (χ1v) is 10.2. The van der Waals surface area contributed by atoms with Gasteiger partial charge in [-0.1, -0.05) is 13.0 Å². The maximum absolute atomic E-state index is 9.84. The minimum Gasteiger partial charge on any atom is -0.508 e. The molecule has 6 atom stereocenters. The predicted octanol–water partition coefficient (Wildman–Crippen LogP) is 4.42. The van der Waals surface area contributed by atoms with Gasteiger partial charge in [0.15, 0.2) is 0 Å². The average Bonchev–Trinajstić information content (AvgIpc) is 2.87. The minimum atomic E-state index is 0.267. The fourth-order valence-corrected chi connectivity index (χ4v) is 6.71. The van der Waals surface area contributed by atoms with Gasteiger partial charge < -0.3 is 14.6 Å². The highest BCUT2D eigenvalue weighted by molar-refractivity contribution is 5.40. The Morgan fingerprint density at radius 3 is 2.88 bits per heavy atom. The van der Waals surface area contributed by atoms with Gasteiger partial charge in [0.25, 0.3) is 0 Å². The standard InChI is InChI=1S/C22H30O3/c1-22-10-9-17-16-6-4-15(23)13-14(16)3-5-18(17)19(22)7-8-20-21(22)25-12-2-11-24-20/h4,6,13,17-21,23H,2-3,5,7-12H2,1H3/t17-,18-,19+,20?,21?,22+/m1/s1. The van der Waals surface area contributed by atoms with Crippen LogP contribution in [-0.4, -0.2) is 30.5 Å². The lowest BCUT2D eigenvalue weighted by molar-refractivity contribution is -0.174. The van der Waals surface area contributed by atoms with E-state index in [1.165, 1.54) is 36.8 Å². The molecule has 1 N–H and O–H groups in total. The number of ether oxygens (including phenoxy) is 2. The normalized spacial score (nSPS) is 43.2. The van der Waals surface area contributed by atoms with Crippen LogP contribution in [0.2, 0.25) is 0 Å². The van der Waals surface area contributed by atoms with Crippen LogP contribution in [0.4, 0.5) is 0 Å². The summed E-state index contributed by atoms with van der Waals surface area (Å²) in [5.74, 6) is 2.60. The Labute approximate surface area is 150 Å². The topological polar surface area (TPSA) is 38.7 Å². The highest BCUT2D eigenvalue weighted by atomic mass is 16.6. The molecular weight excluding hydrogens is 312 g/mol. The van der Waals surface area contributed by atoms with Crippen LogP contribution in [-0.2, 0) is 15.9 Å². The SMILES string of the molecule is C[C@]12CC[C@@H]3c4ccc(O)cc4CC[C@H]3[C@@H]1CCC1OCCCOC12. The molecule has 5 rings (SSSR count). The molecule has 3 fully saturated rings. The number of hydrogen-bond donors (Lipinski definition) is 1. The fourth-order valence-electron chi connectivity index (χ4n) is 6.71. The summed E-state index contributed by atoms with van der Waals surface area (Å²) in [7, 11) is 0. The molecule has 1 saturated heterocycles. The quantitative estimate of drug-likeness (QED) is 0.758. The molecule has 1 aromatic rings. The molecule has 3 heteroatoms. The Morgan fingerprint density at radius 1 is 1.08 bits per heavy atom. The zero-order valence-electron chi connectivity index (χ0n) is 15.2. The van der Waals surface area contributed by atoms with Crippen molar-refractivity contribution < 1.29 is 14.6 Å². The van der Waals surface area contributed by atoms with Crippen LogP contribution in [0.25, 0.3) is 0 Å². The Balaban J connectivity index is 1.47. The van der Waals surface area contributed by atoms with Gasteiger partial charge in [0.05, 0.1) is 12.2 Å². The van der Waals surface area contributed by atoms with Crippen molar-refractivity contribution in [1.29, 1.82) is 0 Å². The molecule has 2 unspecified atom stereocenters. The molecule has 1 aliphatic heterocycles. The van der Waals surface area contributed by atoms with Crippen LogP contribution >= 0.6 is 0 Å². The van der Waals surface area contributed by atoms with Crippen LogP contribution in [0.5, 0.6) is 5.75 Å². The van der Waals surface area contributed by atoms with E-state index in [2.05, 4.69) is 13.0 Å². The average molecular weight is 342 g/mol. The van der Waals surface area contributed by atoms with Crippen LogP contribution in [0.3, 0.4) is 0 Å². The third kappa shape index (κ3) is 2.46. The number of phenols is 1. The lowest BCUT2D eigenvalue weighted by atomic mass is 9.49. The molecule has 0 amide bonds. The van der Waals surface area contributed by atoms with E-state index < -0.39 is 0 Å². The lowest BCUT2D eigenvalue weighted by Crippen LogP contribution is -2.57. The highest BCUT2D eigenvalue weighted by Gasteiger charge is 2.56. The molecule has 3 nitrogen and oxygen atoms in total. The van der Waals surface area contributed by atoms with Gasteiger partial charge in [0, 0.05) is 13.2 Å². The van der Waals surface area contributed by atoms with E-state index >= 15 is 0 Å². The Morgan fingerprint density at radius 2 is 1.96 bits per heavy atom. The van der Waals surface area contributed by atoms with Gasteiger partial charge in [-0.2, -0.15) is 0 Å². The van der Waals surface area contributed by atoms with Crippen LogP contribution in [0.15, 0.2) is 18.2 Å². The first-order chi connectivity index (χ1) is 12.2. The van der Waals surface area contributed by atoms with E-state index in [1.54, 1.807) is 0 Å². The van der Waals surface area contributed by atoms with Gasteiger partial charge in [-0.3, -0.25) is 0 Å². The zero-order chi connectivity index (χ0) is 17.0. The number of hydrogen-bond acceptors (Lipinski definition) is 3. The monoisotopic (exact) mass is 342 g/mol. The lowest BCUT2D eigenvalue weighted by Gasteiger charge is -2.58. The van der Waals surface area contributed by atoms with Gasteiger partial charge >= 0.3 is 0 Å². The maximum Gasteiger partial charge on any atom is 0.115 e. The molecule has 0 bridgehead atoms. The molecule has 0 radical (unpaired) electrons. The zero-order valence-corrected chi connectivity index (χ0v) is 15.2. The summed E-state index contributed by atoms with van der Waals surface area (Å²) in [6.07, 6.45) is 8.96. The summed E-state index contributed by atoms with van der Waals surface area (Å²) in [6.45, 7) is 4.22. The summed E-state index contributed by atoms with van der Waals surface area (Å²) in [6, 6.07) is 6.08. The smallest absolute Gasteiger partial charge is 0.115 e. The predicted molar refractivity (Wildman–Crippen MR) is 96.8 cm³/mol. The van der Waals surface area contributed by atoms with Crippen molar-refractivity contribution in [1.82, 2.24) is 0 Å². The molecule has 136 valence electrons. The third-order valence-corrected chi connectivity index (χ3v) is 7.82. The number of benzene rings is 1. The second kappa shape index (κ2) is 5.99. The minimum absolute atomic E-state index is 0.267. The second-order valence-corrected chi connectivity index (χ2v) is 8.97. The van der Waals surface area contributed by atoms with Gasteiger partial charge in [-0.15, -0.1) is 0 Å². The van der Waals surface area contributed by atoms with Crippen molar-refractivity contribution in [2.24, 2.45) is 17.3 Å². The molecule has 3 aliphatic carbocycles. The molecule has 1 aromatic carbocycles. The summed E-state index contributed by atoms with van der Waals surface area (Å²) < 4.78 is 12.6. The summed E-state index contributed by atoms with van der Waals surface area (Å²) in [5, 5.41) is 9.84. The largest absolute Gasteiger partial charge is 0.508 e. The molecule has 4 aliphatic rings. The van der Waals surface area contributed by atoms with Crippen molar-refractivity contribution in [3.63, 3.8) is 0 Å². The van der Waals surface area contributed by atoms with Crippen molar-refractivity contribution in [3.05, 3.63) is 29.3 Å². The second-order valence-electron chi connectivity index (χ2n) is 8.97. The van der Waals surface area contributed by atoms with E-state index in [0.29, 0.717) is 17.8 Å². The molecule has 1 heterocycles. The number of fused-ring (bicyclic) bond motifs is 7. The van der Waals surface area contributed by atoms with Gasteiger partial charge in [0.1, 0.15) is 5.75 Å². The molecule has 2 saturated carbocycles. The number of rotatable bonds is 0. The van der Waals surface area contributed by atoms with Crippen LogP contribution in [0, 0.1) is 17.3 Å². The van der Waals surface area contributed by atoms with Gasteiger partial charge in [-0.05, 0) is 91.4 Å². The van der Waals surface area contributed by atoms with E-state index in [0.717, 1.165) is 44.3 Å². The number of phenolic OH excluding ortho intramolecular Hbond substituents is 1.